The van der Waals surface area contributed by atoms with Gasteiger partial charge in [0.05, 0.1) is 5.56 Å². The van der Waals surface area contributed by atoms with Crippen molar-refractivity contribution in [2.75, 3.05) is 0 Å². The third kappa shape index (κ3) is 2.16. The molecule has 1 unspecified atom stereocenters. The van der Waals surface area contributed by atoms with E-state index in [4.69, 9.17) is 0 Å². The number of hydrogen-bond acceptors (Lipinski definition) is 1. The van der Waals surface area contributed by atoms with E-state index >= 15 is 0 Å². The summed E-state index contributed by atoms with van der Waals surface area (Å²) < 4.78 is 39.4. The Balaban J connectivity index is 2.45. The molecular formula is C13H9F3O. The van der Waals surface area contributed by atoms with Gasteiger partial charge < -0.3 is 0 Å². The average molecular weight is 238 g/mol. The monoisotopic (exact) mass is 238 g/mol. The Bertz CT molecular complexity index is 521. The van der Waals surface area contributed by atoms with Crippen molar-refractivity contribution >= 4 is 5.78 Å². The predicted molar refractivity (Wildman–Crippen MR) is 57.0 cm³/mol. The van der Waals surface area contributed by atoms with E-state index in [1.165, 1.54) is 6.08 Å². The van der Waals surface area contributed by atoms with Crippen molar-refractivity contribution < 1.29 is 18.0 Å². The molecule has 17 heavy (non-hydrogen) atoms. The molecule has 1 aliphatic carbocycles. The lowest BCUT2D eigenvalue weighted by Crippen LogP contribution is -2.08. The zero-order valence-electron chi connectivity index (χ0n) is 9.01. The van der Waals surface area contributed by atoms with Gasteiger partial charge in [0.15, 0.2) is 5.78 Å². The first kappa shape index (κ1) is 11.6. The topological polar surface area (TPSA) is 17.1 Å². The van der Waals surface area contributed by atoms with Crippen molar-refractivity contribution in [1.29, 1.82) is 0 Å². The number of allylic oxidation sites excluding steroid dienone is 4. The summed E-state index contributed by atoms with van der Waals surface area (Å²) in [5.74, 6) is -4.11. The van der Waals surface area contributed by atoms with Crippen molar-refractivity contribution in [1.82, 2.24) is 0 Å². The molecule has 1 aliphatic rings. The molecule has 0 radical (unpaired) electrons. The van der Waals surface area contributed by atoms with E-state index in [9.17, 15) is 18.0 Å². The van der Waals surface area contributed by atoms with Crippen LogP contribution in [0.25, 0.3) is 0 Å². The van der Waals surface area contributed by atoms with E-state index < -0.39 is 28.8 Å². The Morgan fingerprint density at radius 1 is 1.18 bits per heavy atom. The van der Waals surface area contributed by atoms with Crippen LogP contribution in [0.2, 0.25) is 0 Å². The van der Waals surface area contributed by atoms with Gasteiger partial charge in [-0.05, 0) is 5.92 Å². The van der Waals surface area contributed by atoms with E-state index in [1.54, 1.807) is 12.2 Å². The molecule has 0 saturated carbocycles. The summed E-state index contributed by atoms with van der Waals surface area (Å²) in [5.41, 5.74) is -0.488. The lowest BCUT2D eigenvalue weighted by atomic mass is 10.0. The molecule has 0 heterocycles. The minimum Gasteiger partial charge on any atom is -0.288 e. The van der Waals surface area contributed by atoms with Gasteiger partial charge in [-0.3, -0.25) is 4.79 Å². The maximum absolute atomic E-state index is 13.4. The van der Waals surface area contributed by atoms with Crippen LogP contribution in [0.3, 0.4) is 0 Å². The van der Waals surface area contributed by atoms with Crippen LogP contribution in [-0.4, -0.2) is 5.78 Å². The Kier molecular flexibility index (Phi) is 2.88. The maximum Gasteiger partial charge on any atom is 0.198 e. The van der Waals surface area contributed by atoms with Crippen LogP contribution in [0.4, 0.5) is 13.2 Å². The first-order valence-electron chi connectivity index (χ1n) is 5.08. The Labute approximate surface area is 96.3 Å². The minimum absolute atomic E-state index is 0.0560. The normalized spacial score (nSPS) is 18.4. The molecule has 2 rings (SSSR count). The summed E-state index contributed by atoms with van der Waals surface area (Å²) in [6, 6.07) is 0.998. The second-order valence-electron chi connectivity index (χ2n) is 3.91. The highest BCUT2D eigenvalue weighted by Crippen LogP contribution is 2.23. The molecule has 0 bridgehead atoms. The summed E-state index contributed by atoms with van der Waals surface area (Å²) in [7, 11) is 0. The highest BCUT2D eigenvalue weighted by molar-refractivity contribution is 6.11. The Hall–Kier alpha value is -1.84. The van der Waals surface area contributed by atoms with Crippen LogP contribution < -0.4 is 0 Å². The SMILES string of the molecule is CC1C=CC(C(=O)c2c(F)cc(F)cc2F)=C1. The molecule has 88 valence electrons. The zero-order chi connectivity index (χ0) is 12.6. The molecule has 4 heteroatoms. The molecule has 1 atom stereocenters. The van der Waals surface area contributed by atoms with Crippen LogP contribution in [0.5, 0.6) is 0 Å². The highest BCUT2D eigenvalue weighted by atomic mass is 19.1. The molecule has 0 spiro atoms. The molecule has 0 aromatic heterocycles. The molecular weight excluding hydrogens is 229 g/mol. The molecule has 0 aliphatic heterocycles. The van der Waals surface area contributed by atoms with Gasteiger partial charge in [0, 0.05) is 17.7 Å². The molecule has 0 fully saturated rings. The van der Waals surface area contributed by atoms with Gasteiger partial charge in [-0.25, -0.2) is 13.2 Å². The lowest BCUT2D eigenvalue weighted by molar-refractivity contribution is 0.103. The first-order chi connectivity index (χ1) is 7.99. The minimum atomic E-state index is -1.18. The van der Waals surface area contributed by atoms with Crippen LogP contribution >= 0.6 is 0 Å². The van der Waals surface area contributed by atoms with E-state index in [1.807, 2.05) is 6.92 Å². The van der Waals surface area contributed by atoms with Crippen molar-refractivity contribution in [3.8, 4) is 0 Å². The number of Topliss-reactive ketones (excluding diaryl/α,β-unsaturated/α-hetero) is 1. The maximum atomic E-state index is 13.4. The second kappa shape index (κ2) is 4.20. The quantitative estimate of drug-likeness (QED) is 0.721. The summed E-state index contributed by atoms with van der Waals surface area (Å²) in [6.07, 6.45) is 4.85. The molecule has 0 N–H and O–H groups in total. The molecule has 1 nitrogen and oxygen atoms in total. The van der Waals surface area contributed by atoms with Crippen LogP contribution in [0, 0.1) is 23.4 Å². The third-order valence-corrected chi connectivity index (χ3v) is 2.52. The largest absolute Gasteiger partial charge is 0.288 e. The summed E-state index contributed by atoms with van der Waals surface area (Å²) in [6.45, 7) is 1.84. The van der Waals surface area contributed by atoms with E-state index in [2.05, 4.69) is 0 Å². The zero-order valence-corrected chi connectivity index (χ0v) is 9.01. The summed E-state index contributed by atoms with van der Waals surface area (Å²) >= 11 is 0. The number of hydrogen-bond donors (Lipinski definition) is 0. The number of benzene rings is 1. The van der Waals surface area contributed by atoms with Crippen LogP contribution in [0.15, 0.2) is 35.9 Å². The van der Waals surface area contributed by atoms with Gasteiger partial charge in [-0.2, -0.15) is 0 Å². The fourth-order valence-corrected chi connectivity index (χ4v) is 1.70. The lowest BCUT2D eigenvalue weighted by Gasteiger charge is -2.04. The fourth-order valence-electron chi connectivity index (χ4n) is 1.70. The number of rotatable bonds is 2. The molecule has 0 amide bonds. The number of halogens is 3. The molecule has 1 aromatic rings. The van der Waals surface area contributed by atoms with Crippen LogP contribution in [0.1, 0.15) is 17.3 Å². The Morgan fingerprint density at radius 2 is 1.76 bits per heavy atom. The smallest absolute Gasteiger partial charge is 0.198 e. The average Bonchev–Trinajstić information content (AvgIpc) is 2.63. The molecule has 0 saturated heterocycles. The van der Waals surface area contributed by atoms with Gasteiger partial charge in [0.1, 0.15) is 17.5 Å². The number of carbonyl (C=O) groups is 1. The Morgan fingerprint density at radius 3 is 2.24 bits per heavy atom. The highest BCUT2D eigenvalue weighted by Gasteiger charge is 2.22. The number of carbonyl (C=O) groups excluding carboxylic acids is 1. The van der Waals surface area contributed by atoms with E-state index in [-0.39, 0.29) is 11.5 Å². The van der Waals surface area contributed by atoms with Gasteiger partial charge >= 0.3 is 0 Å². The van der Waals surface area contributed by atoms with Crippen molar-refractivity contribution in [2.24, 2.45) is 5.92 Å². The van der Waals surface area contributed by atoms with Gasteiger partial charge in [0.2, 0.25) is 0 Å². The van der Waals surface area contributed by atoms with Crippen molar-refractivity contribution in [2.45, 2.75) is 6.92 Å². The van der Waals surface area contributed by atoms with E-state index in [0.717, 1.165) is 0 Å². The van der Waals surface area contributed by atoms with Gasteiger partial charge in [-0.1, -0.05) is 25.2 Å². The van der Waals surface area contributed by atoms with Crippen molar-refractivity contribution in [3.05, 3.63) is 58.9 Å². The predicted octanol–water partition coefficient (Wildman–Crippen LogP) is 3.42. The summed E-state index contributed by atoms with van der Waals surface area (Å²) in [4.78, 5) is 11.8. The fraction of sp³-hybridized carbons (Fsp3) is 0.154. The standard InChI is InChI=1S/C13H9F3O/c1-7-2-3-8(4-7)13(17)12-10(15)5-9(14)6-11(12)16/h2-7H,1H3. The van der Waals surface area contributed by atoms with Crippen molar-refractivity contribution in [3.63, 3.8) is 0 Å². The van der Waals surface area contributed by atoms with E-state index in [0.29, 0.717) is 12.1 Å². The van der Waals surface area contributed by atoms with Crippen LogP contribution in [-0.2, 0) is 0 Å². The number of ketones is 1. The van der Waals surface area contributed by atoms with Gasteiger partial charge in [0.25, 0.3) is 0 Å². The van der Waals surface area contributed by atoms with Gasteiger partial charge in [-0.15, -0.1) is 0 Å². The third-order valence-electron chi connectivity index (χ3n) is 2.52. The summed E-state index contributed by atoms with van der Waals surface area (Å²) in [5, 5.41) is 0. The molecule has 1 aromatic carbocycles. The second-order valence-corrected chi connectivity index (χ2v) is 3.91. The first-order valence-corrected chi connectivity index (χ1v) is 5.08.